The van der Waals surface area contributed by atoms with Crippen LogP contribution in [0.15, 0.2) is 12.2 Å². The van der Waals surface area contributed by atoms with Crippen LogP contribution in [0.5, 0.6) is 0 Å². The molecule has 2 saturated heterocycles. The van der Waals surface area contributed by atoms with E-state index in [1.165, 1.54) is 0 Å². The van der Waals surface area contributed by atoms with Gasteiger partial charge in [-0.1, -0.05) is 19.1 Å². The molecule has 0 aromatic heterocycles. The molecule has 2 fully saturated rings. The summed E-state index contributed by atoms with van der Waals surface area (Å²) in [7, 11) is 0. The molecule has 0 spiro atoms. The van der Waals surface area contributed by atoms with Crippen molar-refractivity contribution in [3.05, 3.63) is 12.2 Å². The van der Waals surface area contributed by atoms with Crippen molar-refractivity contribution in [2.24, 2.45) is 11.8 Å². The number of hydrogen-bond donors (Lipinski definition) is 0. The summed E-state index contributed by atoms with van der Waals surface area (Å²) in [5, 5.41) is 0.939. The summed E-state index contributed by atoms with van der Waals surface area (Å²) in [5.74, 6) is -1.22. The third kappa shape index (κ3) is 1.13. The van der Waals surface area contributed by atoms with Gasteiger partial charge in [-0.25, -0.2) is 0 Å². The van der Waals surface area contributed by atoms with Gasteiger partial charge in [0.25, 0.3) is 11.8 Å². The molecule has 0 unspecified atom stereocenters. The fourth-order valence-corrected chi connectivity index (χ4v) is 2.59. The van der Waals surface area contributed by atoms with Crippen molar-refractivity contribution in [1.82, 2.24) is 5.06 Å². The van der Waals surface area contributed by atoms with Gasteiger partial charge in [0, 0.05) is 0 Å². The van der Waals surface area contributed by atoms with E-state index in [4.69, 9.17) is 9.57 Å². The second kappa shape index (κ2) is 3.40. The van der Waals surface area contributed by atoms with Crippen LogP contribution in [0.25, 0.3) is 0 Å². The molecule has 0 N–H and O–H groups in total. The number of rotatable bonds is 3. The van der Waals surface area contributed by atoms with E-state index in [0.29, 0.717) is 6.61 Å². The molecule has 4 atom stereocenters. The molecule has 3 heterocycles. The van der Waals surface area contributed by atoms with Crippen molar-refractivity contribution in [3.63, 3.8) is 0 Å². The SMILES string of the molecule is CCCON1C(=O)[C@@H]2[C@@H](C1=O)[C@H]1C=C[C@H]2O1. The first-order valence-electron chi connectivity index (χ1n) is 5.58. The number of carbonyl (C=O) groups excluding carboxylic acids is 2. The quantitative estimate of drug-likeness (QED) is 0.509. The lowest BCUT2D eigenvalue weighted by Gasteiger charge is -2.16. The average molecular weight is 223 g/mol. The molecule has 0 aliphatic carbocycles. The van der Waals surface area contributed by atoms with E-state index < -0.39 is 0 Å². The molecule has 2 amide bonds. The van der Waals surface area contributed by atoms with Crippen LogP contribution in [0.1, 0.15) is 13.3 Å². The van der Waals surface area contributed by atoms with E-state index in [0.717, 1.165) is 11.5 Å². The number of carbonyl (C=O) groups is 2. The third-order valence-electron chi connectivity index (χ3n) is 3.29. The van der Waals surface area contributed by atoms with Crippen LogP contribution in [0.2, 0.25) is 0 Å². The van der Waals surface area contributed by atoms with Gasteiger partial charge in [0.1, 0.15) is 0 Å². The Bertz CT molecular complexity index is 348. The molecule has 0 saturated carbocycles. The zero-order valence-corrected chi connectivity index (χ0v) is 8.96. The van der Waals surface area contributed by atoms with Gasteiger partial charge >= 0.3 is 0 Å². The predicted octanol–water partition coefficient (Wildman–Crippen LogP) is 0.266. The lowest BCUT2D eigenvalue weighted by molar-refractivity contribution is -0.191. The highest BCUT2D eigenvalue weighted by molar-refractivity contribution is 6.05. The van der Waals surface area contributed by atoms with Crippen LogP contribution < -0.4 is 0 Å². The van der Waals surface area contributed by atoms with E-state index in [9.17, 15) is 9.59 Å². The topological polar surface area (TPSA) is 55.8 Å². The van der Waals surface area contributed by atoms with Gasteiger partial charge in [-0.05, 0) is 6.42 Å². The lowest BCUT2D eigenvalue weighted by atomic mass is 9.85. The molecule has 16 heavy (non-hydrogen) atoms. The van der Waals surface area contributed by atoms with Crippen LogP contribution >= 0.6 is 0 Å². The molecule has 3 aliphatic heterocycles. The minimum Gasteiger partial charge on any atom is -0.365 e. The van der Waals surface area contributed by atoms with Gasteiger partial charge in [0.15, 0.2) is 0 Å². The van der Waals surface area contributed by atoms with E-state index in [1.54, 1.807) is 0 Å². The van der Waals surface area contributed by atoms with Gasteiger partial charge in [-0.2, -0.15) is 5.06 Å². The zero-order valence-electron chi connectivity index (χ0n) is 8.96. The molecule has 3 aliphatic rings. The number of hydrogen-bond acceptors (Lipinski definition) is 4. The summed E-state index contributed by atoms with van der Waals surface area (Å²) in [4.78, 5) is 29.1. The van der Waals surface area contributed by atoms with Crippen molar-refractivity contribution in [2.75, 3.05) is 6.61 Å². The molecule has 5 nitrogen and oxygen atoms in total. The first-order chi connectivity index (χ1) is 7.74. The standard InChI is InChI=1S/C11H13NO4/c1-2-5-15-12-10(13)8-6-3-4-7(16-6)9(8)11(12)14/h3-4,6-9H,2,5H2,1H3/t6-,7-,8+,9+/m1/s1. The Morgan fingerprint density at radius 2 is 1.81 bits per heavy atom. The van der Waals surface area contributed by atoms with Crippen molar-refractivity contribution in [3.8, 4) is 0 Å². The Kier molecular flexibility index (Phi) is 2.12. The number of amides is 2. The molecule has 86 valence electrons. The number of ether oxygens (including phenoxy) is 1. The van der Waals surface area contributed by atoms with Crippen molar-refractivity contribution in [2.45, 2.75) is 25.6 Å². The minimum absolute atomic E-state index is 0.235. The van der Waals surface area contributed by atoms with Crippen LogP contribution in [-0.2, 0) is 19.2 Å². The normalized spacial score (nSPS) is 39.9. The summed E-state index contributed by atoms with van der Waals surface area (Å²) < 4.78 is 5.50. The highest BCUT2D eigenvalue weighted by Gasteiger charge is 2.61. The highest BCUT2D eigenvalue weighted by Crippen LogP contribution is 2.45. The van der Waals surface area contributed by atoms with E-state index in [-0.39, 0.29) is 35.9 Å². The fraction of sp³-hybridized carbons (Fsp3) is 0.636. The zero-order chi connectivity index (χ0) is 11.3. The third-order valence-corrected chi connectivity index (χ3v) is 3.29. The average Bonchev–Trinajstić information content (AvgIpc) is 2.92. The Balaban J connectivity index is 1.83. The predicted molar refractivity (Wildman–Crippen MR) is 52.9 cm³/mol. The van der Waals surface area contributed by atoms with E-state index in [2.05, 4.69) is 0 Å². The van der Waals surface area contributed by atoms with Gasteiger partial charge in [-0.3, -0.25) is 14.4 Å². The summed E-state index contributed by atoms with van der Waals surface area (Å²) in [6.45, 7) is 2.32. The number of hydroxylamine groups is 2. The Morgan fingerprint density at radius 1 is 1.25 bits per heavy atom. The fourth-order valence-electron chi connectivity index (χ4n) is 2.59. The molecule has 3 rings (SSSR count). The monoisotopic (exact) mass is 223 g/mol. The Morgan fingerprint density at radius 3 is 2.31 bits per heavy atom. The van der Waals surface area contributed by atoms with Gasteiger partial charge < -0.3 is 4.74 Å². The van der Waals surface area contributed by atoms with E-state index in [1.807, 2.05) is 19.1 Å². The number of imide groups is 1. The van der Waals surface area contributed by atoms with Gasteiger partial charge in [0.05, 0.1) is 30.7 Å². The molecule has 0 aromatic carbocycles. The van der Waals surface area contributed by atoms with Crippen LogP contribution in [-0.4, -0.2) is 35.7 Å². The van der Waals surface area contributed by atoms with Crippen LogP contribution in [0.3, 0.4) is 0 Å². The Labute approximate surface area is 92.9 Å². The van der Waals surface area contributed by atoms with Gasteiger partial charge in [-0.15, -0.1) is 0 Å². The minimum atomic E-state index is -0.362. The second-order valence-electron chi connectivity index (χ2n) is 4.31. The molecule has 0 aromatic rings. The van der Waals surface area contributed by atoms with Gasteiger partial charge in [0.2, 0.25) is 0 Å². The van der Waals surface area contributed by atoms with Crippen molar-refractivity contribution >= 4 is 11.8 Å². The number of fused-ring (bicyclic) bond motifs is 5. The lowest BCUT2D eigenvalue weighted by Crippen LogP contribution is -2.34. The maximum Gasteiger partial charge on any atom is 0.260 e. The van der Waals surface area contributed by atoms with E-state index >= 15 is 0 Å². The maximum atomic E-state index is 12.0. The molecule has 0 radical (unpaired) electrons. The van der Waals surface area contributed by atoms with Crippen molar-refractivity contribution in [1.29, 1.82) is 0 Å². The van der Waals surface area contributed by atoms with Crippen LogP contribution in [0.4, 0.5) is 0 Å². The second-order valence-corrected chi connectivity index (χ2v) is 4.31. The largest absolute Gasteiger partial charge is 0.365 e. The Hall–Kier alpha value is -1.20. The van der Waals surface area contributed by atoms with Crippen molar-refractivity contribution < 1.29 is 19.2 Å². The molecular formula is C11H13NO4. The molecule has 2 bridgehead atoms. The first kappa shape index (κ1) is 9.99. The van der Waals surface area contributed by atoms with Crippen LogP contribution in [0, 0.1) is 11.8 Å². The molecular weight excluding hydrogens is 210 g/mol. The summed E-state index contributed by atoms with van der Waals surface area (Å²) in [5.41, 5.74) is 0. The number of nitrogens with zero attached hydrogens (tertiary/aromatic N) is 1. The summed E-state index contributed by atoms with van der Waals surface area (Å²) >= 11 is 0. The smallest absolute Gasteiger partial charge is 0.260 e. The molecule has 5 heteroatoms. The highest BCUT2D eigenvalue weighted by atomic mass is 16.7. The summed E-state index contributed by atoms with van der Waals surface area (Å²) in [6.07, 6.45) is 4.03. The first-order valence-corrected chi connectivity index (χ1v) is 5.58. The maximum absolute atomic E-state index is 12.0. The summed E-state index contributed by atoms with van der Waals surface area (Å²) in [6, 6.07) is 0.